The van der Waals surface area contributed by atoms with Crippen LogP contribution in [0.1, 0.15) is 63.0 Å². The average Bonchev–Trinajstić information content (AvgIpc) is 2.44. The van der Waals surface area contributed by atoms with Gasteiger partial charge in [0.25, 0.3) is 0 Å². The maximum atomic E-state index is 5.91. The number of nitrogens with one attached hydrogen (secondary N) is 1. The van der Waals surface area contributed by atoms with Crippen LogP contribution in [0.2, 0.25) is 0 Å². The maximum absolute atomic E-state index is 5.91. The van der Waals surface area contributed by atoms with Gasteiger partial charge in [-0.25, -0.2) is 0 Å². The Bertz CT molecular complexity index is 408. The molecule has 112 valence electrons. The van der Waals surface area contributed by atoms with Gasteiger partial charge in [0.15, 0.2) is 0 Å². The van der Waals surface area contributed by atoms with E-state index in [0.717, 1.165) is 24.9 Å². The molecule has 1 aliphatic carbocycles. The van der Waals surface area contributed by atoms with Crippen LogP contribution in [0.15, 0.2) is 18.2 Å². The van der Waals surface area contributed by atoms with Gasteiger partial charge in [0.2, 0.25) is 0 Å². The largest absolute Gasteiger partial charge is 0.492 e. The predicted molar refractivity (Wildman–Crippen MR) is 85.6 cm³/mol. The first-order valence-electron chi connectivity index (χ1n) is 8.13. The monoisotopic (exact) mass is 275 g/mol. The lowest BCUT2D eigenvalue weighted by Gasteiger charge is -2.22. The fourth-order valence-corrected chi connectivity index (χ4v) is 2.93. The highest BCUT2D eigenvalue weighted by Crippen LogP contribution is 2.22. The zero-order valence-electron chi connectivity index (χ0n) is 13.2. The highest BCUT2D eigenvalue weighted by molar-refractivity contribution is 5.35. The van der Waals surface area contributed by atoms with Crippen LogP contribution >= 0.6 is 0 Å². The fourth-order valence-electron chi connectivity index (χ4n) is 2.93. The molecule has 0 heterocycles. The van der Waals surface area contributed by atoms with Gasteiger partial charge in [-0.15, -0.1) is 0 Å². The van der Waals surface area contributed by atoms with E-state index in [9.17, 15) is 0 Å². The molecule has 20 heavy (non-hydrogen) atoms. The molecule has 1 aliphatic rings. The van der Waals surface area contributed by atoms with Gasteiger partial charge >= 0.3 is 0 Å². The highest BCUT2D eigenvalue weighted by Gasteiger charge is 2.12. The van der Waals surface area contributed by atoms with E-state index in [1.807, 2.05) is 0 Å². The van der Waals surface area contributed by atoms with Gasteiger partial charge in [0, 0.05) is 12.6 Å². The van der Waals surface area contributed by atoms with Crippen molar-refractivity contribution in [2.75, 3.05) is 13.2 Å². The molecule has 0 saturated heterocycles. The van der Waals surface area contributed by atoms with Crippen molar-refractivity contribution in [1.29, 1.82) is 0 Å². The zero-order valence-corrected chi connectivity index (χ0v) is 13.2. The Morgan fingerprint density at radius 1 is 1.15 bits per heavy atom. The lowest BCUT2D eigenvalue weighted by atomic mass is 9.96. The minimum atomic E-state index is 0.553. The summed E-state index contributed by atoms with van der Waals surface area (Å²) in [5.74, 6) is 1.57. The van der Waals surface area contributed by atoms with E-state index in [1.165, 1.54) is 43.2 Å². The number of benzene rings is 1. The van der Waals surface area contributed by atoms with Crippen molar-refractivity contribution in [3.8, 4) is 5.75 Å². The molecule has 0 aromatic heterocycles. The second-order valence-electron chi connectivity index (χ2n) is 6.37. The highest BCUT2D eigenvalue weighted by atomic mass is 16.5. The number of ether oxygens (including phenoxy) is 1. The summed E-state index contributed by atoms with van der Waals surface area (Å²) in [5.41, 5.74) is 2.65. The molecule has 0 spiro atoms. The van der Waals surface area contributed by atoms with Crippen LogP contribution in [0.4, 0.5) is 0 Å². The molecule has 1 saturated carbocycles. The van der Waals surface area contributed by atoms with Crippen molar-refractivity contribution < 1.29 is 4.74 Å². The third-order valence-electron chi connectivity index (χ3n) is 4.15. The number of hydrogen-bond donors (Lipinski definition) is 1. The summed E-state index contributed by atoms with van der Waals surface area (Å²) in [6.45, 7) is 8.30. The molecule has 2 rings (SSSR count). The number of hydrogen-bond acceptors (Lipinski definition) is 2. The van der Waals surface area contributed by atoms with E-state index in [-0.39, 0.29) is 0 Å². The van der Waals surface area contributed by atoms with E-state index in [4.69, 9.17) is 4.74 Å². The van der Waals surface area contributed by atoms with Crippen LogP contribution in [0, 0.1) is 6.92 Å². The average molecular weight is 275 g/mol. The molecule has 1 N–H and O–H groups in total. The zero-order chi connectivity index (χ0) is 14.4. The Morgan fingerprint density at radius 3 is 2.60 bits per heavy atom. The van der Waals surface area contributed by atoms with Gasteiger partial charge in [-0.2, -0.15) is 0 Å². The fraction of sp³-hybridized carbons (Fsp3) is 0.667. The van der Waals surface area contributed by atoms with Gasteiger partial charge in [-0.1, -0.05) is 39.2 Å². The predicted octanol–water partition coefficient (Wildman–Crippen LogP) is 4.42. The molecule has 0 aliphatic heterocycles. The molecule has 1 fully saturated rings. The van der Waals surface area contributed by atoms with Gasteiger partial charge in [0.05, 0.1) is 0 Å². The Balaban J connectivity index is 1.75. The van der Waals surface area contributed by atoms with Gasteiger partial charge in [0.1, 0.15) is 12.4 Å². The Morgan fingerprint density at radius 2 is 1.90 bits per heavy atom. The summed E-state index contributed by atoms with van der Waals surface area (Å²) < 4.78 is 5.91. The van der Waals surface area contributed by atoms with Crippen LogP contribution in [-0.2, 0) is 0 Å². The second-order valence-corrected chi connectivity index (χ2v) is 6.37. The minimum Gasteiger partial charge on any atom is -0.492 e. The van der Waals surface area contributed by atoms with E-state index in [2.05, 4.69) is 44.3 Å². The van der Waals surface area contributed by atoms with Crippen molar-refractivity contribution in [2.45, 2.75) is 64.8 Å². The standard InChI is InChI=1S/C18H29NO/c1-14(2)16-11-15(3)12-18(13-16)20-10-9-19-17-7-5-4-6-8-17/h11-14,17,19H,4-10H2,1-3H3. The maximum Gasteiger partial charge on any atom is 0.119 e. The topological polar surface area (TPSA) is 21.3 Å². The minimum absolute atomic E-state index is 0.553. The van der Waals surface area contributed by atoms with Crippen LogP contribution < -0.4 is 10.1 Å². The van der Waals surface area contributed by atoms with Gasteiger partial charge in [-0.3, -0.25) is 0 Å². The summed E-state index contributed by atoms with van der Waals surface area (Å²) >= 11 is 0. The first-order valence-corrected chi connectivity index (χ1v) is 8.13. The van der Waals surface area contributed by atoms with Crippen molar-refractivity contribution in [2.24, 2.45) is 0 Å². The Kier molecular flexibility index (Phi) is 5.90. The Hall–Kier alpha value is -1.02. The summed E-state index contributed by atoms with van der Waals surface area (Å²) in [6.07, 6.45) is 6.85. The SMILES string of the molecule is Cc1cc(OCCNC2CCCCC2)cc(C(C)C)c1. The normalized spacial score (nSPS) is 16.6. The molecular formula is C18H29NO. The van der Waals surface area contributed by atoms with Crippen LogP contribution in [0.5, 0.6) is 5.75 Å². The molecule has 0 atom stereocenters. The molecule has 0 bridgehead atoms. The summed E-state index contributed by atoms with van der Waals surface area (Å²) in [6, 6.07) is 7.28. The van der Waals surface area contributed by atoms with Gasteiger partial charge < -0.3 is 10.1 Å². The molecular weight excluding hydrogens is 246 g/mol. The molecule has 2 heteroatoms. The second kappa shape index (κ2) is 7.68. The quantitative estimate of drug-likeness (QED) is 0.776. The van der Waals surface area contributed by atoms with Crippen molar-refractivity contribution in [1.82, 2.24) is 5.32 Å². The lowest BCUT2D eigenvalue weighted by Crippen LogP contribution is -2.34. The first kappa shape index (κ1) is 15.4. The smallest absolute Gasteiger partial charge is 0.119 e. The van der Waals surface area contributed by atoms with E-state index in [0.29, 0.717) is 5.92 Å². The number of aryl methyl sites for hydroxylation is 1. The summed E-state index contributed by atoms with van der Waals surface area (Å²) in [4.78, 5) is 0. The Labute approximate surface area is 123 Å². The third-order valence-corrected chi connectivity index (χ3v) is 4.15. The third kappa shape index (κ3) is 4.82. The molecule has 0 amide bonds. The van der Waals surface area contributed by atoms with Crippen molar-refractivity contribution in [3.63, 3.8) is 0 Å². The van der Waals surface area contributed by atoms with E-state index in [1.54, 1.807) is 0 Å². The first-order chi connectivity index (χ1) is 9.65. The van der Waals surface area contributed by atoms with Gasteiger partial charge in [-0.05, 0) is 48.9 Å². The summed E-state index contributed by atoms with van der Waals surface area (Å²) in [7, 11) is 0. The molecule has 2 nitrogen and oxygen atoms in total. The molecule has 1 aromatic rings. The number of rotatable bonds is 6. The van der Waals surface area contributed by atoms with Crippen LogP contribution in [0.3, 0.4) is 0 Å². The molecule has 0 radical (unpaired) electrons. The van der Waals surface area contributed by atoms with Crippen LogP contribution in [-0.4, -0.2) is 19.2 Å². The van der Waals surface area contributed by atoms with E-state index >= 15 is 0 Å². The summed E-state index contributed by atoms with van der Waals surface area (Å²) in [5, 5.41) is 3.62. The lowest BCUT2D eigenvalue weighted by molar-refractivity contribution is 0.289. The van der Waals surface area contributed by atoms with Crippen molar-refractivity contribution >= 4 is 0 Å². The van der Waals surface area contributed by atoms with E-state index < -0.39 is 0 Å². The van der Waals surface area contributed by atoms with Crippen LogP contribution in [0.25, 0.3) is 0 Å². The van der Waals surface area contributed by atoms with Crippen molar-refractivity contribution in [3.05, 3.63) is 29.3 Å². The molecule has 0 unspecified atom stereocenters. The molecule has 1 aromatic carbocycles.